The lowest BCUT2D eigenvalue weighted by Crippen LogP contribution is -2.01. The number of carboxylic acid groups (broad SMARTS) is 1. The van der Waals surface area contributed by atoms with Gasteiger partial charge < -0.3 is 10.2 Å². The van der Waals surface area contributed by atoms with Gasteiger partial charge in [-0.15, -0.1) is 0 Å². The van der Waals surface area contributed by atoms with Crippen molar-refractivity contribution in [2.45, 2.75) is 6.92 Å². The van der Waals surface area contributed by atoms with Crippen molar-refractivity contribution in [3.05, 3.63) is 34.5 Å². The molecule has 0 saturated carbocycles. The molecule has 0 atom stereocenters. The van der Waals surface area contributed by atoms with E-state index in [2.05, 4.69) is 4.98 Å². The van der Waals surface area contributed by atoms with Gasteiger partial charge in [0.15, 0.2) is 5.75 Å². The highest BCUT2D eigenvalue weighted by Crippen LogP contribution is 2.29. The third-order valence-electron chi connectivity index (χ3n) is 2.31. The molecule has 0 aliphatic rings. The SMILES string of the molecule is Cc1nc2cc(Cl)ccc2c(C(=O)O)c1O. The molecule has 0 aliphatic heterocycles. The fraction of sp³-hybridized carbons (Fsp3) is 0.0909. The first-order valence-electron chi connectivity index (χ1n) is 4.53. The minimum absolute atomic E-state index is 0.140. The number of rotatable bonds is 1. The summed E-state index contributed by atoms with van der Waals surface area (Å²) in [5.74, 6) is -1.49. The number of hydrogen-bond donors (Lipinski definition) is 2. The first kappa shape index (κ1) is 10.7. The summed E-state index contributed by atoms with van der Waals surface area (Å²) in [5, 5.41) is 19.5. The van der Waals surface area contributed by atoms with E-state index in [-0.39, 0.29) is 17.0 Å². The molecular weight excluding hydrogens is 230 g/mol. The van der Waals surface area contributed by atoms with Crippen molar-refractivity contribution < 1.29 is 15.0 Å². The zero-order valence-corrected chi connectivity index (χ0v) is 9.12. The molecule has 0 saturated heterocycles. The van der Waals surface area contributed by atoms with E-state index in [9.17, 15) is 9.90 Å². The number of pyridine rings is 1. The van der Waals surface area contributed by atoms with Crippen LogP contribution in [0.4, 0.5) is 0 Å². The Morgan fingerprint density at radius 1 is 1.44 bits per heavy atom. The topological polar surface area (TPSA) is 70.4 Å². The fourth-order valence-electron chi connectivity index (χ4n) is 1.57. The highest BCUT2D eigenvalue weighted by atomic mass is 35.5. The van der Waals surface area contributed by atoms with Gasteiger partial charge in [0, 0.05) is 10.4 Å². The van der Waals surface area contributed by atoms with Crippen molar-refractivity contribution in [3.63, 3.8) is 0 Å². The second-order valence-electron chi connectivity index (χ2n) is 3.39. The first-order chi connectivity index (χ1) is 7.50. The number of hydrogen-bond acceptors (Lipinski definition) is 3. The third-order valence-corrected chi connectivity index (χ3v) is 2.55. The Hall–Kier alpha value is -1.81. The number of aromatic carboxylic acids is 1. The van der Waals surface area contributed by atoms with Crippen molar-refractivity contribution in [2.24, 2.45) is 0 Å². The average molecular weight is 238 g/mol. The van der Waals surface area contributed by atoms with Gasteiger partial charge in [0.1, 0.15) is 5.56 Å². The Bertz CT molecular complexity index is 595. The van der Waals surface area contributed by atoms with E-state index in [1.165, 1.54) is 6.07 Å². The predicted octanol–water partition coefficient (Wildman–Crippen LogP) is 2.60. The summed E-state index contributed by atoms with van der Waals surface area (Å²) < 4.78 is 0. The molecule has 5 heteroatoms. The van der Waals surface area contributed by atoms with Crippen LogP contribution in [0.15, 0.2) is 18.2 Å². The number of benzene rings is 1. The molecule has 2 aromatic rings. The van der Waals surface area contributed by atoms with E-state index < -0.39 is 5.97 Å². The number of aromatic hydroxyl groups is 1. The van der Waals surface area contributed by atoms with E-state index in [1.807, 2.05) is 0 Å². The number of fused-ring (bicyclic) bond motifs is 1. The smallest absolute Gasteiger partial charge is 0.340 e. The summed E-state index contributed by atoms with van der Waals surface area (Å²) in [5.41, 5.74) is 0.589. The molecule has 2 N–H and O–H groups in total. The molecule has 0 radical (unpaired) electrons. The van der Waals surface area contributed by atoms with Crippen LogP contribution in [0.25, 0.3) is 10.9 Å². The van der Waals surface area contributed by atoms with Crippen LogP contribution in [0.3, 0.4) is 0 Å². The van der Waals surface area contributed by atoms with E-state index in [4.69, 9.17) is 16.7 Å². The maximum atomic E-state index is 11.1. The van der Waals surface area contributed by atoms with Crippen molar-refractivity contribution in [1.29, 1.82) is 0 Å². The van der Waals surface area contributed by atoms with E-state index in [0.717, 1.165) is 0 Å². The molecule has 4 nitrogen and oxygen atoms in total. The van der Waals surface area contributed by atoms with Crippen LogP contribution in [-0.2, 0) is 0 Å². The summed E-state index contributed by atoms with van der Waals surface area (Å²) in [6, 6.07) is 4.66. The summed E-state index contributed by atoms with van der Waals surface area (Å²) in [7, 11) is 0. The Morgan fingerprint density at radius 3 is 2.75 bits per heavy atom. The Kier molecular flexibility index (Phi) is 2.44. The molecule has 0 bridgehead atoms. The molecule has 82 valence electrons. The minimum Gasteiger partial charge on any atom is -0.505 e. The van der Waals surface area contributed by atoms with Gasteiger partial charge in [-0.25, -0.2) is 9.78 Å². The lowest BCUT2D eigenvalue weighted by Gasteiger charge is -2.07. The summed E-state index contributed by atoms with van der Waals surface area (Å²) in [6.07, 6.45) is 0. The van der Waals surface area contributed by atoms with Gasteiger partial charge >= 0.3 is 5.97 Å². The third kappa shape index (κ3) is 1.57. The lowest BCUT2D eigenvalue weighted by molar-refractivity contribution is 0.0695. The number of aromatic nitrogens is 1. The maximum absolute atomic E-state index is 11.1. The van der Waals surface area contributed by atoms with Crippen LogP contribution in [0.2, 0.25) is 5.02 Å². The fourth-order valence-corrected chi connectivity index (χ4v) is 1.73. The van der Waals surface area contributed by atoms with Crippen molar-refractivity contribution in [3.8, 4) is 5.75 Å². The highest BCUT2D eigenvalue weighted by molar-refractivity contribution is 6.31. The van der Waals surface area contributed by atoms with Gasteiger partial charge in [0.25, 0.3) is 0 Å². The van der Waals surface area contributed by atoms with E-state index in [1.54, 1.807) is 19.1 Å². The quantitative estimate of drug-likeness (QED) is 0.800. The second-order valence-corrected chi connectivity index (χ2v) is 3.82. The predicted molar refractivity (Wildman–Crippen MR) is 60.1 cm³/mol. The number of aryl methyl sites for hydroxylation is 1. The van der Waals surface area contributed by atoms with Crippen LogP contribution in [0.5, 0.6) is 5.75 Å². The van der Waals surface area contributed by atoms with Crippen LogP contribution in [-0.4, -0.2) is 21.2 Å². The lowest BCUT2D eigenvalue weighted by atomic mass is 10.1. The van der Waals surface area contributed by atoms with Gasteiger partial charge in [-0.3, -0.25) is 0 Å². The molecule has 0 spiro atoms. The van der Waals surface area contributed by atoms with Gasteiger partial charge in [-0.2, -0.15) is 0 Å². The van der Waals surface area contributed by atoms with Crippen LogP contribution < -0.4 is 0 Å². The van der Waals surface area contributed by atoms with E-state index in [0.29, 0.717) is 15.9 Å². The van der Waals surface area contributed by atoms with Gasteiger partial charge in [0.2, 0.25) is 0 Å². The summed E-state index contributed by atoms with van der Waals surface area (Å²) in [4.78, 5) is 15.1. The molecular formula is C11H8ClNO3. The Balaban J connectivity index is 2.94. The van der Waals surface area contributed by atoms with Crippen LogP contribution in [0, 0.1) is 6.92 Å². The standard InChI is InChI=1S/C11H8ClNO3/c1-5-10(14)9(11(15)16)7-3-2-6(12)4-8(7)13-5/h2-4,14H,1H3,(H,15,16). The monoisotopic (exact) mass is 237 g/mol. The molecule has 1 heterocycles. The van der Waals surface area contributed by atoms with Crippen molar-refractivity contribution >= 4 is 28.5 Å². The Morgan fingerprint density at radius 2 is 2.12 bits per heavy atom. The van der Waals surface area contributed by atoms with Gasteiger partial charge in [-0.05, 0) is 19.1 Å². The molecule has 1 aromatic carbocycles. The summed E-state index contributed by atoms with van der Waals surface area (Å²) in [6.45, 7) is 1.54. The van der Waals surface area contributed by atoms with Crippen LogP contribution >= 0.6 is 11.6 Å². The van der Waals surface area contributed by atoms with Gasteiger partial charge in [0.05, 0.1) is 11.2 Å². The number of carbonyl (C=O) groups is 1. The largest absolute Gasteiger partial charge is 0.505 e. The average Bonchev–Trinajstić information content (AvgIpc) is 2.19. The molecule has 0 aliphatic carbocycles. The minimum atomic E-state index is -1.18. The number of halogens is 1. The van der Waals surface area contributed by atoms with Crippen LogP contribution in [0.1, 0.15) is 16.1 Å². The molecule has 16 heavy (non-hydrogen) atoms. The maximum Gasteiger partial charge on any atom is 0.340 e. The zero-order chi connectivity index (χ0) is 11.9. The number of carboxylic acids is 1. The Labute approximate surface area is 96.1 Å². The molecule has 1 aromatic heterocycles. The number of nitrogens with zero attached hydrogens (tertiary/aromatic N) is 1. The molecule has 2 rings (SSSR count). The normalized spacial score (nSPS) is 10.6. The van der Waals surface area contributed by atoms with Crippen molar-refractivity contribution in [1.82, 2.24) is 4.98 Å². The zero-order valence-electron chi connectivity index (χ0n) is 8.36. The summed E-state index contributed by atoms with van der Waals surface area (Å²) >= 11 is 5.79. The second kappa shape index (κ2) is 3.64. The van der Waals surface area contributed by atoms with Crippen molar-refractivity contribution in [2.75, 3.05) is 0 Å². The highest BCUT2D eigenvalue weighted by Gasteiger charge is 2.17. The van der Waals surface area contributed by atoms with E-state index >= 15 is 0 Å². The molecule has 0 amide bonds. The first-order valence-corrected chi connectivity index (χ1v) is 4.90. The molecule has 0 fully saturated rings. The van der Waals surface area contributed by atoms with Gasteiger partial charge in [-0.1, -0.05) is 17.7 Å². The molecule has 0 unspecified atom stereocenters.